The maximum Gasteiger partial charge on any atom is 0.172 e. The molecule has 13 heavy (non-hydrogen) atoms. The van der Waals surface area contributed by atoms with E-state index in [1.165, 1.54) is 6.20 Å². The molecule has 1 aromatic rings. The van der Waals surface area contributed by atoms with Crippen molar-refractivity contribution in [1.29, 1.82) is 5.26 Å². The molecule has 0 bridgehead atoms. The number of nitrogens with zero attached hydrogens (tertiary/aromatic N) is 3. The van der Waals surface area contributed by atoms with E-state index in [9.17, 15) is 0 Å². The maximum atomic E-state index is 8.75. The average Bonchev–Trinajstić information content (AvgIpc) is 2.02. The Balaban J connectivity index is 2.96. The molecule has 1 rings (SSSR count). The van der Waals surface area contributed by atoms with Gasteiger partial charge in [0.2, 0.25) is 0 Å². The first kappa shape index (κ1) is 10.0. The first-order chi connectivity index (χ1) is 6.03. The van der Waals surface area contributed by atoms with E-state index >= 15 is 0 Å². The molecule has 0 N–H and O–H groups in total. The minimum absolute atomic E-state index is 0.0572. The molecule has 0 saturated carbocycles. The molecule has 68 valence electrons. The smallest absolute Gasteiger partial charge is 0.172 e. The molecule has 0 spiro atoms. The normalized spacial score (nSPS) is 10.9. The molecule has 0 unspecified atom stereocenters. The van der Waals surface area contributed by atoms with Gasteiger partial charge >= 0.3 is 0 Å². The van der Waals surface area contributed by atoms with E-state index in [0.29, 0.717) is 10.7 Å². The molecule has 3 nitrogen and oxygen atoms in total. The molecule has 4 heteroatoms. The lowest BCUT2D eigenvalue weighted by molar-refractivity contribution is 0.797. The van der Waals surface area contributed by atoms with Crippen LogP contribution in [0.1, 0.15) is 26.5 Å². The van der Waals surface area contributed by atoms with Crippen LogP contribution in [0.25, 0.3) is 0 Å². The van der Waals surface area contributed by atoms with Gasteiger partial charge in [0, 0.05) is 17.1 Å². The van der Waals surface area contributed by atoms with Crippen molar-refractivity contribution in [1.82, 2.24) is 9.97 Å². The number of aromatic nitrogens is 2. The van der Waals surface area contributed by atoms with Gasteiger partial charge in [-0.15, -0.1) is 0 Å². The van der Waals surface area contributed by atoms with Gasteiger partial charge in [-0.05, 0) is 0 Å². The monoisotopic (exact) mass is 193 g/mol. The highest BCUT2D eigenvalue weighted by molar-refractivity contribution is 8.00. The summed E-state index contributed by atoms with van der Waals surface area (Å²) in [6, 6.07) is 2.02. The van der Waals surface area contributed by atoms with Crippen LogP contribution in [0, 0.1) is 11.3 Å². The highest BCUT2D eigenvalue weighted by atomic mass is 32.2. The van der Waals surface area contributed by atoms with Crippen LogP contribution in [-0.2, 0) is 0 Å². The van der Waals surface area contributed by atoms with Crippen LogP contribution in [0.5, 0.6) is 0 Å². The molecule has 0 aliphatic carbocycles. The van der Waals surface area contributed by atoms with Gasteiger partial charge < -0.3 is 0 Å². The quantitative estimate of drug-likeness (QED) is 0.642. The maximum absolute atomic E-state index is 8.75. The van der Waals surface area contributed by atoms with Gasteiger partial charge in [0.25, 0.3) is 0 Å². The Morgan fingerprint density at radius 1 is 1.31 bits per heavy atom. The van der Waals surface area contributed by atoms with E-state index in [0.717, 1.165) is 0 Å². The second-order valence-electron chi connectivity index (χ2n) is 3.54. The second kappa shape index (κ2) is 3.75. The van der Waals surface area contributed by atoms with E-state index in [-0.39, 0.29) is 4.75 Å². The summed E-state index contributed by atoms with van der Waals surface area (Å²) >= 11 is 1.56. The number of nitriles is 1. The lowest BCUT2D eigenvalue weighted by atomic mass is 10.3. The summed E-state index contributed by atoms with van der Waals surface area (Å²) in [6.07, 6.45) is 3.14. The molecular weight excluding hydrogens is 182 g/mol. The van der Waals surface area contributed by atoms with Crippen molar-refractivity contribution in [3.63, 3.8) is 0 Å². The first-order valence-corrected chi connectivity index (χ1v) is 4.75. The molecular formula is C9H11N3S. The van der Waals surface area contributed by atoms with Crippen LogP contribution in [0.2, 0.25) is 0 Å². The highest BCUT2D eigenvalue weighted by Crippen LogP contribution is 2.31. The van der Waals surface area contributed by atoms with Gasteiger partial charge in [0.15, 0.2) is 5.69 Å². The van der Waals surface area contributed by atoms with Crippen LogP contribution < -0.4 is 0 Å². The zero-order valence-electron chi connectivity index (χ0n) is 7.90. The molecule has 0 aliphatic rings. The fraction of sp³-hybridized carbons (Fsp3) is 0.444. The summed E-state index contributed by atoms with van der Waals surface area (Å²) in [5.74, 6) is 0. The Hall–Kier alpha value is -1.08. The van der Waals surface area contributed by atoms with Crippen LogP contribution in [-0.4, -0.2) is 14.7 Å². The molecule has 0 amide bonds. The highest BCUT2D eigenvalue weighted by Gasteiger charge is 2.16. The predicted molar refractivity (Wildman–Crippen MR) is 52.4 cm³/mol. The van der Waals surface area contributed by atoms with Gasteiger partial charge in [-0.25, -0.2) is 9.97 Å². The SMILES string of the molecule is CC(C)(C)Sc1nccnc1C#N. The third-order valence-corrected chi connectivity index (χ3v) is 2.28. The Morgan fingerprint density at radius 2 is 1.92 bits per heavy atom. The summed E-state index contributed by atoms with van der Waals surface area (Å²) in [4.78, 5) is 8.05. The first-order valence-electron chi connectivity index (χ1n) is 3.93. The van der Waals surface area contributed by atoms with Crippen molar-refractivity contribution in [2.24, 2.45) is 0 Å². The number of hydrogen-bond donors (Lipinski definition) is 0. The summed E-state index contributed by atoms with van der Waals surface area (Å²) in [7, 11) is 0. The number of thioether (sulfide) groups is 1. The lowest BCUT2D eigenvalue weighted by Crippen LogP contribution is -2.08. The summed E-state index contributed by atoms with van der Waals surface area (Å²) in [6.45, 7) is 6.23. The van der Waals surface area contributed by atoms with Gasteiger partial charge in [0.05, 0.1) is 0 Å². The third kappa shape index (κ3) is 3.03. The average molecular weight is 193 g/mol. The Morgan fingerprint density at radius 3 is 2.46 bits per heavy atom. The van der Waals surface area contributed by atoms with Crippen molar-refractivity contribution in [3.8, 4) is 6.07 Å². The molecule has 0 radical (unpaired) electrons. The van der Waals surface area contributed by atoms with Gasteiger partial charge in [0.1, 0.15) is 11.1 Å². The minimum Gasteiger partial charge on any atom is -0.245 e. The fourth-order valence-electron chi connectivity index (χ4n) is 0.767. The Bertz CT molecular complexity index is 335. The van der Waals surface area contributed by atoms with Gasteiger partial charge in [-0.1, -0.05) is 32.5 Å². The van der Waals surface area contributed by atoms with E-state index in [1.54, 1.807) is 18.0 Å². The summed E-state index contributed by atoms with van der Waals surface area (Å²) in [5.41, 5.74) is 0.405. The molecule has 0 saturated heterocycles. The van der Waals surface area contributed by atoms with Gasteiger partial charge in [-0.3, -0.25) is 0 Å². The Labute approximate surface area is 82.2 Å². The van der Waals surface area contributed by atoms with Crippen LogP contribution >= 0.6 is 11.8 Å². The number of hydrogen-bond acceptors (Lipinski definition) is 4. The number of rotatable bonds is 1. The molecule has 0 atom stereocenters. The fourth-order valence-corrected chi connectivity index (χ4v) is 1.66. The van der Waals surface area contributed by atoms with Crippen LogP contribution in [0.3, 0.4) is 0 Å². The summed E-state index contributed by atoms with van der Waals surface area (Å²) < 4.78 is 0.0572. The standard InChI is InChI=1S/C9H11N3S/c1-9(2,3)13-8-7(6-10)11-4-5-12-8/h4-5H,1-3H3. The zero-order valence-corrected chi connectivity index (χ0v) is 8.72. The molecule has 0 aliphatic heterocycles. The van der Waals surface area contributed by atoms with Crippen molar-refractivity contribution >= 4 is 11.8 Å². The molecule has 0 fully saturated rings. The molecule has 1 heterocycles. The topological polar surface area (TPSA) is 49.6 Å². The minimum atomic E-state index is 0.0572. The largest absolute Gasteiger partial charge is 0.245 e. The third-order valence-electron chi connectivity index (χ3n) is 1.17. The van der Waals surface area contributed by atoms with E-state index < -0.39 is 0 Å². The van der Waals surface area contributed by atoms with E-state index in [1.807, 2.05) is 6.07 Å². The summed E-state index contributed by atoms with van der Waals surface area (Å²) in [5, 5.41) is 9.46. The molecule has 1 aromatic heterocycles. The second-order valence-corrected chi connectivity index (χ2v) is 5.35. The van der Waals surface area contributed by atoms with Gasteiger partial charge in [-0.2, -0.15) is 5.26 Å². The van der Waals surface area contributed by atoms with Crippen LogP contribution in [0.4, 0.5) is 0 Å². The van der Waals surface area contributed by atoms with Crippen molar-refractivity contribution in [2.45, 2.75) is 30.5 Å². The van der Waals surface area contributed by atoms with Crippen LogP contribution in [0.15, 0.2) is 17.4 Å². The van der Waals surface area contributed by atoms with E-state index in [4.69, 9.17) is 5.26 Å². The Kier molecular flexibility index (Phi) is 2.89. The molecule has 0 aromatic carbocycles. The predicted octanol–water partition coefficient (Wildman–Crippen LogP) is 2.24. The van der Waals surface area contributed by atoms with Crippen molar-refractivity contribution in [2.75, 3.05) is 0 Å². The van der Waals surface area contributed by atoms with Crippen molar-refractivity contribution < 1.29 is 0 Å². The zero-order chi connectivity index (χ0) is 9.90. The van der Waals surface area contributed by atoms with Crippen molar-refractivity contribution in [3.05, 3.63) is 18.1 Å². The lowest BCUT2D eigenvalue weighted by Gasteiger charge is -2.16. The van der Waals surface area contributed by atoms with E-state index in [2.05, 4.69) is 30.7 Å².